The van der Waals surface area contributed by atoms with Gasteiger partial charge in [0.1, 0.15) is 12.6 Å². The fourth-order valence-electron chi connectivity index (χ4n) is 4.00. The molecule has 0 aliphatic carbocycles. The summed E-state index contributed by atoms with van der Waals surface area (Å²) in [5, 5.41) is 4.85. The number of nitrogens with zero attached hydrogens (tertiary/aromatic N) is 1. The number of pyridine rings is 1. The predicted molar refractivity (Wildman–Crippen MR) is 107 cm³/mol. The van der Waals surface area contributed by atoms with Crippen molar-refractivity contribution in [3.63, 3.8) is 0 Å². The number of aromatic nitrogens is 1. The monoisotopic (exact) mass is 338 g/mol. The van der Waals surface area contributed by atoms with Crippen LogP contribution in [0.15, 0.2) is 71.3 Å². The lowest BCUT2D eigenvalue weighted by molar-refractivity contribution is -0.659. The van der Waals surface area contributed by atoms with Gasteiger partial charge >= 0.3 is 0 Å². The van der Waals surface area contributed by atoms with Gasteiger partial charge in [-0.15, -0.1) is 0 Å². The molecule has 126 valence electrons. The maximum absolute atomic E-state index is 6.16. The van der Waals surface area contributed by atoms with Crippen LogP contribution in [0.4, 0.5) is 0 Å². The zero-order chi connectivity index (χ0) is 17.8. The Morgan fingerprint density at radius 3 is 2.50 bits per heavy atom. The van der Waals surface area contributed by atoms with Crippen LogP contribution < -0.4 is 4.57 Å². The van der Waals surface area contributed by atoms with Gasteiger partial charge in [-0.25, -0.2) is 0 Å². The minimum Gasteiger partial charge on any atom is -0.450 e. The summed E-state index contributed by atoms with van der Waals surface area (Å²) in [5.74, 6) is 0. The molecule has 0 atom stereocenters. The number of hydrogen-bond donors (Lipinski definition) is 0. The predicted octanol–water partition coefficient (Wildman–Crippen LogP) is 5.85. The quantitative estimate of drug-likeness (QED) is 0.351. The molecule has 0 saturated heterocycles. The van der Waals surface area contributed by atoms with Crippen LogP contribution in [0.25, 0.3) is 44.0 Å². The van der Waals surface area contributed by atoms with Gasteiger partial charge in [-0.05, 0) is 42.3 Å². The van der Waals surface area contributed by atoms with Gasteiger partial charge in [-0.1, -0.05) is 48.0 Å². The Hall–Kier alpha value is -3.13. The average Bonchev–Trinajstić information content (AvgIpc) is 2.99. The highest BCUT2D eigenvalue weighted by Crippen LogP contribution is 2.35. The van der Waals surface area contributed by atoms with E-state index >= 15 is 0 Å². The second kappa shape index (κ2) is 5.43. The molecule has 5 aromatic rings. The fourth-order valence-corrected chi connectivity index (χ4v) is 4.00. The summed E-state index contributed by atoms with van der Waals surface area (Å²) < 4.78 is 8.32. The van der Waals surface area contributed by atoms with E-state index < -0.39 is 0 Å². The first-order valence-electron chi connectivity index (χ1n) is 8.93. The van der Waals surface area contributed by atoms with E-state index in [2.05, 4.69) is 92.3 Å². The van der Waals surface area contributed by atoms with Gasteiger partial charge in [0.05, 0.1) is 0 Å². The molecule has 0 spiro atoms. The van der Waals surface area contributed by atoms with E-state index in [-0.39, 0.29) is 0 Å². The van der Waals surface area contributed by atoms with E-state index in [1.807, 2.05) is 0 Å². The molecule has 0 N–H and O–H groups in total. The molecule has 5 rings (SSSR count). The van der Waals surface area contributed by atoms with Crippen LogP contribution in [0.5, 0.6) is 0 Å². The van der Waals surface area contributed by atoms with Crippen molar-refractivity contribution < 1.29 is 8.98 Å². The summed E-state index contributed by atoms with van der Waals surface area (Å²) in [4.78, 5) is 0. The van der Waals surface area contributed by atoms with Crippen LogP contribution in [0, 0.1) is 13.8 Å². The maximum Gasteiger partial charge on any atom is 0.213 e. The van der Waals surface area contributed by atoms with Crippen LogP contribution in [0.2, 0.25) is 0 Å². The molecule has 0 unspecified atom stereocenters. The molecule has 2 heteroatoms. The van der Waals surface area contributed by atoms with Crippen molar-refractivity contribution in [1.82, 2.24) is 0 Å². The largest absolute Gasteiger partial charge is 0.450 e. The number of benzene rings is 3. The summed E-state index contributed by atoms with van der Waals surface area (Å²) >= 11 is 0. The zero-order valence-corrected chi connectivity index (χ0v) is 15.2. The lowest BCUT2D eigenvalue weighted by Gasteiger charge is -2.06. The minimum atomic E-state index is 0.923. The SMILES string of the molecule is Cc1ccc(-c2cc3c(c[n+]2C)oc2ccc4ccccc4c23)c(C)c1. The number of fused-ring (bicyclic) bond motifs is 5. The third kappa shape index (κ3) is 2.15. The molecule has 2 heterocycles. The molecule has 0 radical (unpaired) electrons. The maximum atomic E-state index is 6.16. The Morgan fingerprint density at radius 2 is 1.65 bits per heavy atom. The first kappa shape index (κ1) is 15.2. The highest BCUT2D eigenvalue weighted by Gasteiger charge is 2.19. The molecule has 0 amide bonds. The van der Waals surface area contributed by atoms with E-state index in [1.165, 1.54) is 43.9 Å². The zero-order valence-electron chi connectivity index (χ0n) is 15.2. The Morgan fingerprint density at radius 1 is 0.808 bits per heavy atom. The van der Waals surface area contributed by atoms with E-state index in [0.717, 1.165) is 11.2 Å². The van der Waals surface area contributed by atoms with Gasteiger partial charge in [0.15, 0.2) is 5.58 Å². The van der Waals surface area contributed by atoms with E-state index in [1.54, 1.807) is 0 Å². The molecule has 0 fully saturated rings. The van der Waals surface area contributed by atoms with E-state index in [0.29, 0.717) is 0 Å². The van der Waals surface area contributed by atoms with Crippen LogP contribution >= 0.6 is 0 Å². The molecular formula is C24H20NO+. The van der Waals surface area contributed by atoms with Gasteiger partial charge in [-0.3, -0.25) is 0 Å². The highest BCUT2D eigenvalue weighted by atomic mass is 16.3. The second-order valence-electron chi connectivity index (χ2n) is 7.13. The topological polar surface area (TPSA) is 17.0 Å². The summed E-state index contributed by atoms with van der Waals surface area (Å²) in [6.07, 6.45) is 2.10. The Labute approximate surface area is 152 Å². The van der Waals surface area contributed by atoms with Crippen LogP contribution in [-0.2, 0) is 7.05 Å². The highest BCUT2D eigenvalue weighted by molar-refractivity contribution is 6.18. The lowest BCUT2D eigenvalue weighted by atomic mass is 10.00. The third-order valence-corrected chi connectivity index (χ3v) is 5.28. The van der Waals surface area contributed by atoms with Crippen molar-refractivity contribution in [1.29, 1.82) is 0 Å². The van der Waals surface area contributed by atoms with E-state index in [4.69, 9.17) is 4.42 Å². The van der Waals surface area contributed by atoms with Crippen LogP contribution in [0.3, 0.4) is 0 Å². The van der Waals surface area contributed by atoms with Gasteiger partial charge < -0.3 is 4.42 Å². The van der Waals surface area contributed by atoms with Crippen molar-refractivity contribution in [2.75, 3.05) is 0 Å². The second-order valence-corrected chi connectivity index (χ2v) is 7.13. The fraction of sp³-hybridized carbons (Fsp3) is 0.125. The third-order valence-electron chi connectivity index (χ3n) is 5.28. The van der Waals surface area contributed by atoms with Crippen LogP contribution in [0.1, 0.15) is 11.1 Å². The normalized spacial score (nSPS) is 11.7. The number of hydrogen-bond acceptors (Lipinski definition) is 1. The van der Waals surface area contributed by atoms with Crippen molar-refractivity contribution in [3.8, 4) is 11.3 Å². The van der Waals surface area contributed by atoms with Crippen LogP contribution in [-0.4, -0.2) is 0 Å². The minimum absolute atomic E-state index is 0.923. The van der Waals surface area contributed by atoms with Crippen molar-refractivity contribution in [2.24, 2.45) is 7.05 Å². The molecule has 2 nitrogen and oxygen atoms in total. The van der Waals surface area contributed by atoms with Gasteiger partial charge in [0, 0.05) is 22.4 Å². The molecule has 3 aromatic carbocycles. The van der Waals surface area contributed by atoms with Gasteiger partial charge in [0.2, 0.25) is 11.9 Å². The average molecular weight is 338 g/mol. The standard InChI is InChI=1S/C24H20NO/c1-15-8-10-18(16(2)12-15)21-13-20-23(14-25(21)3)26-22-11-9-17-6-4-5-7-19(17)24(20)22/h4-14H,1-3H3/q+1. The summed E-state index contributed by atoms with van der Waals surface area (Å²) in [6, 6.07) is 21.6. The number of aryl methyl sites for hydroxylation is 3. The van der Waals surface area contributed by atoms with Crippen molar-refractivity contribution in [2.45, 2.75) is 13.8 Å². The molecule has 0 aliphatic rings. The summed E-state index contributed by atoms with van der Waals surface area (Å²) in [6.45, 7) is 4.31. The molecule has 0 bridgehead atoms. The Balaban J connectivity index is 1.90. The van der Waals surface area contributed by atoms with Crippen molar-refractivity contribution in [3.05, 3.63) is 78.0 Å². The lowest BCUT2D eigenvalue weighted by Crippen LogP contribution is -2.30. The molecule has 26 heavy (non-hydrogen) atoms. The number of furan rings is 1. The molecule has 2 aromatic heterocycles. The van der Waals surface area contributed by atoms with Crippen molar-refractivity contribution >= 4 is 32.7 Å². The summed E-state index contributed by atoms with van der Waals surface area (Å²) in [5.41, 5.74) is 6.90. The van der Waals surface area contributed by atoms with E-state index in [9.17, 15) is 0 Å². The smallest absolute Gasteiger partial charge is 0.213 e. The Bertz CT molecular complexity index is 1310. The van der Waals surface area contributed by atoms with Gasteiger partial charge in [-0.2, -0.15) is 4.57 Å². The molecular weight excluding hydrogens is 318 g/mol. The number of rotatable bonds is 1. The Kier molecular flexibility index (Phi) is 3.17. The molecule has 0 saturated carbocycles. The van der Waals surface area contributed by atoms with Gasteiger partial charge in [0.25, 0.3) is 0 Å². The molecule has 0 aliphatic heterocycles. The first-order chi connectivity index (χ1) is 12.6. The summed E-state index contributed by atoms with van der Waals surface area (Å²) in [7, 11) is 2.08. The first-order valence-corrected chi connectivity index (χ1v) is 8.93.